The van der Waals surface area contributed by atoms with Gasteiger partial charge in [-0.3, -0.25) is 0 Å². The molecule has 0 heterocycles. The summed E-state index contributed by atoms with van der Waals surface area (Å²) in [6, 6.07) is 20.7. The molecule has 0 radical (unpaired) electrons. The molecule has 1 heteroatoms. The number of rotatable bonds is 10. The predicted molar refractivity (Wildman–Crippen MR) is 107 cm³/mol. The maximum atomic E-state index is 10.3. The average molecular weight is 335 g/mol. The van der Waals surface area contributed by atoms with Crippen LogP contribution in [-0.4, -0.2) is 11.7 Å². The van der Waals surface area contributed by atoms with Gasteiger partial charge in [0.1, 0.15) is 0 Å². The number of aliphatic hydroxyl groups excluding tert-OH is 1. The fraction of sp³-hybridized carbons (Fsp3) is 0.375. The van der Waals surface area contributed by atoms with Gasteiger partial charge in [-0.15, -0.1) is 5.73 Å². The Morgan fingerprint density at radius 1 is 0.840 bits per heavy atom. The van der Waals surface area contributed by atoms with Gasteiger partial charge in [-0.2, -0.15) is 0 Å². The molecule has 0 amide bonds. The van der Waals surface area contributed by atoms with Crippen molar-refractivity contribution in [2.24, 2.45) is 0 Å². The number of hydrogen-bond acceptors (Lipinski definition) is 1. The van der Waals surface area contributed by atoms with E-state index in [1.807, 2.05) is 36.4 Å². The molecule has 0 atom stereocenters. The van der Waals surface area contributed by atoms with Gasteiger partial charge in [0, 0.05) is 5.41 Å². The predicted octanol–water partition coefficient (Wildman–Crippen LogP) is 6.04. The Bertz CT molecular complexity index is 612. The highest BCUT2D eigenvalue weighted by molar-refractivity contribution is 5.39. The second-order valence-corrected chi connectivity index (χ2v) is 6.58. The van der Waals surface area contributed by atoms with E-state index in [0.29, 0.717) is 0 Å². The SMILES string of the molecule is CCCCCC=C=CCCC(CO)(c1ccccc1)c1ccccc1. The lowest BCUT2D eigenvalue weighted by Crippen LogP contribution is -2.32. The Morgan fingerprint density at radius 2 is 1.40 bits per heavy atom. The van der Waals surface area contributed by atoms with E-state index in [4.69, 9.17) is 0 Å². The molecule has 132 valence electrons. The smallest absolute Gasteiger partial charge is 0.0568 e. The van der Waals surface area contributed by atoms with E-state index < -0.39 is 0 Å². The van der Waals surface area contributed by atoms with Crippen LogP contribution in [0.4, 0.5) is 0 Å². The number of aliphatic hydroxyl groups is 1. The van der Waals surface area contributed by atoms with Crippen LogP contribution in [0.1, 0.15) is 56.6 Å². The zero-order chi connectivity index (χ0) is 17.8. The van der Waals surface area contributed by atoms with Crippen molar-refractivity contribution >= 4 is 0 Å². The Hall–Kier alpha value is -2.08. The van der Waals surface area contributed by atoms with Crippen LogP contribution in [0.5, 0.6) is 0 Å². The summed E-state index contributed by atoms with van der Waals surface area (Å²) in [4.78, 5) is 0. The normalized spacial score (nSPS) is 11.0. The molecule has 2 rings (SSSR count). The van der Waals surface area contributed by atoms with Gasteiger partial charge in [0.2, 0.25) is 0 Å². The third kappa shape index (κ3) is 5.46. The summed E-state index contributed by atoms with van der Waals surface area (Å²) in [5.41, 5.74) is 5.29. The summed E-state index contributed by atoms with van der Waals surface area (Å²) in [6.07, 6.45) is 10.9. The monoisotopic (exact) mass is 334 g/mol. The van der Waals surface area contributed by atoms with Crippen molar-refractivity contribution in [1.82, 2.24) is 0 Å². The van der Waals surface area contributed by atoms with Gasteiger partial charge in [-0.05, 0) is 49.0 Å². The van der Waals surface area contributed by atoms with Gasteiger partial charge in [0.05, 0.1) is 6.61 Å². The molecule has 1 N–H and O–H groups in total. The van der Waals surface area contributed by atoms with Crippen molar-refractivity contribution < 1.29 is 5.11 Å². The van der Waals surface area contributed by atoms with Crippen LogP contribution in [0.15, 0.2) is 78.5 Å². The van der Waals surface area contributed by atoms with Crippen molar-refractivity contribution in [1.29, 1.82) is 0 Å². The second kappa shape index (κ2) is 10.7. The molecule has 0 spiro atoms. The number of unbranched alkanes of at least 4 members (excludes halogenated alkanes) is 3. The minimum Gasteiger partial charge on any atom is -0.395 e. The largest absolute Gasteiger partial charge is 0.395 e. The summed E-state index contributed by atoms with van der Waals surface area (Å²) in [7, 11) is 0. The van der Waals surface area contributed by atoms with Crippen LogP contribution in [0.3, 0.4) is 0 Å². The zero-order valence-corrected chi connectivity index (χ0v) is 15.3. The van der Waals surface area contributed by atoms with Gasteiger partial charge in [-0.25, -0.2) is 0 Å². The number of hydrogen-bond donors (Lipinski definition) is 1. The Labute approximate surface area is 152 Å². The Morgan fingerprint density at radius 3 is 1.92 bits per heavy atom. The standard InChI is InChI=1S/C24H30O/c1-2-3-4-5-6-7-8-15-20-24(21-25,22-16-11-9-12-17-22)23-18-13-10-14-19-23/h6,8-14,16-19,25H,2-5,15,20-21H2,1H3. The van der Waals surface area contributed by atoms with Gasteiger partial charge in [0.15, 0.2) is 0 Å². The quantitative estimate of drug-likeness (QED) is 0.415. The fourth-order valence-corrected chi connectivity index (χ4v) is 3.30. The zero-order valence-electron chi connectivity index (χ0n) is 15.3. The fourth-order valence-electron chi connectivity index (χ4n) is 3.30. The van der Waals surface area contributed by atoms with Gasteiger partial charge in [0.25, 0.3) is 0 Å². The third-order valence-electron chi connectivity index (χ3n) is 4.83. The molecule has 0 aliphatic carbocycles. The molecule has 0 aliphatic rings. The van der Waals surface area contributed by atoms with Gasteiger partial charge >= 0.3 is 0 Å². The molecule has 0 saturated carbocycles. The first-order chi connectivity index (χ1) is 12.3. The first-order valence-electron chi connectivity index (χ1n) is 9.45. The van der Waals surface area contributed by atoms with Crippen LogP contribution in [0.2, 0.25) is 0 Å². The number of benzene rings is 2. The Balaban J connectivity index is 2.15. The van der Waals surface area contributed by atoms with Crippen molar-refractivity contribution in [2.45, 2.75) is 50.9 Å². The minimum atomic E-state index is -0.358. The summed E-state index contributed by atoms with van der Waals surface area (Å²) in [5, 5.41) is 10.3. The average Bonchev–Trinajstić information content (AvgIpc) is 2.69. The van der Waals surface area contributed by atoms with Gasteiger partial charge in [-0.1, -0.05) is 80.4 Å². The molecule has 0 unspecified atom stereocenters. The summed E-state index contributed by atoms with van der Waals surface area (Å²) < 4.78 is 0. The van der Waals surface area contributed by atoms with Crippen LogP contribution in [0.25, 0.3) is 0 Å². The molecule has 2 aromatic carbocycles. The van der Waals surface area contributed by atoms with Crippen LogP contribution in [-0.2, 0) is 5.41 Å². The second-order valence-electron chi connectivity index (χ2n) is 6.58. The van der Waals surface area contributed by atoms with Crippen molar-refractivity contribution in [2.75, 3.05) is 6.61 Å². The van der Waals surface area contributed by atoms with Crippen LogP contribution < -0.4 is 0 Å². The van der Waals surface area contributed by atoms with E-state index in [1.54, 1.807) is 0 Å². The van der Waals surface area contributed by atoms with Gasteiger partial charge < -0.3 is 5.11 Å². The molecule has 1 nitrogen and oxygen atoms in total. The summed E-state index contributed by atoms with van der Waals surface area (Å²) in [5.74, 6) is 0. The molecule has 0 fully saturated rings. The molecular weight excluding hydrogens is 304 g/mol. The molecule has 0 saturated heterocycles. The summed E-state index contributed by atoms with van der Waals surface area (Å²) >= 11 is 0. The highest BCUT2D eigenvalue weighted by Crippen LogP contribution is 2.36. The summed E-state index contributed by atoms with van der Waals surface area (Å²) in [6.45, 7) is 2.33. The van der Waals surface area contributed by atoms with E-state index in [9.17, 15) is 5.11 Å². The highest BCUT2D eigenvalue weighted by Gasteiger charge is 2.32. The topological polar surface area (TPSA) is 20.2 Å². The molecular formula is C24H30O. The maximum Gasteiger partial charge on any atom is 0.0568 e. The molecule has 0 aliphatic heterocycles. The van der Waals surface area contributed by atoms with Crippen LogP contribution >= 0.6 is 0 Å². The van der Waals surface area contributed by atoms with E-state index >= 15 is 0 Å². The first kappa shape index (κ1) is 19.2. The molecule has 0 bridgehead atoms. The maximum absolute atomic E-state index is 10.3. The van der Waals surface area contributed by atoms with Crippen molar-refractivity contribution in [3.8, 4) is 0 Å². The van der Waals surface area contributed by atoms with E-state index in [2.05, 4.69) is 49.1 Å². The van der Waals surface area contributed by atoms with E-state index in [-0.39, 0.29) is 12.0 Å². The lowest BCUT2D eigenvalue weighted by atomic mass is 9.72. The lowest BCUT2D eigenvalue weighted by molar-refractivity contribution is 0.212. The highest BCUT2D eigenvalue weighted by atomic mass is 16.3. The molecule has 25 heavy (non-hydrogen) atoms. The van der Waals surface area contributed by atoms with E-state index in [0.717, 1.165) is 19.3 Å². The lowest BCUT2D eigenvalue weighted by Gasteiger charge is -2.33. The minimum absolute atomic E-state index is 0.106. The van der Waals surface area contributed by atoms with Crippen LogP contribution in [0, 0.1) is 0 Å². The molecule has 2 aromatic rings. The number of allylic oxidation sites excluding steroid dienone is 1. The first-order valence-corrected chi connectivity index (χ1v) is 9.45. The van der Waals surface area contributed by atoms with E-state index in [1.165, 1.54) is 30.4 Å². The molecule has 0 aromatic heterocycles. The third-order valence-corrected chi connectivity index (χ3v) is 4.83. The van der Waals surface area contributed by atoms with Crippen molar-refractivity contribution in [3.05, 3.63) is 89.7 Å². The Kier molecular flexibility index (Phi) is 8.25. The van der Waals surface area contributed by atoms with Crippen molar-refractivity contribution in [3.63, 3.8) is 0 Å².